The zero-order valence-electron chi connectivity index (χ0n) is 17.1. The monoisotopic (exact) mass is 429 g/mol. The van der Waals surface area contributed by atoms with Crippen molar-refractivity contribution in [3.05, 3.63) is 40.3 Å². The average Bonchev–Trinajstić information content (AvgIpc) is 3.17. The number of thiazole rings is 1. The van der Waals surface area contributed by atoms with E-state index in [0.717, 1.165) is 42.1 Å². The summed E-state index contributed by atoms with van der Waals surface area (Å²) < 4.78 is 11.4. The molecular weight excluding hydrogens is 402 g/mol. The first-order valence-corrected chi connectivity index (χ1v) is 11.3. The molecule has 3 heterocycles. The first-order chi connectivity index (χ1) is 14.6. The zero-order chi connectivity index (χ0) is 20.9. The molecule has 1 saturated heterocycles. The van der Waals surface area contributed by atoms with Crippen LogP contribution in [0, 0.1) is 5.92 Å². The number of nitrogens with zero attached hydrogens (tertiary/aromatic N) is 2. The Labute approximate surface area is 180 Å². The summed E-state index contributed by atoms with van der Waals surface area (Å²) in [6, 6.07) is 5.58. The Bertz CT molecular complexity index is 887. The van der Waals surface area contributed by atoms with Gasteiger partial charge in [0.25, 0.3) is 0 Å². The predicted octanol–water partition coefficient (Wildman–Crippen LogP) is 2.96. The lowest BCUT2D eigenvalue weighted by Gasteiger charge is -2.36. The normalized spacial score (nSPS) is 19.6. The lowest BCUT2D eigenvalue weighted by Crippen LogP contribution is -2.45. The molecule has 2 aromatic rings. The topological polar surface area (TPSA) is 80.8 Å². The zero-order valence-corrected chi connectivity index (χ0v) is 18.0. The molecule has 4 rings (SSSR count). The van der Waals surface area contributed by atoms with Crippen molar-refractivity contribution in [1.82, 2.24) is 15.2 Å². The van der Waals surface area contributed by atoms with E-state index in [9.17, 15) is 9.59 Å². The van der Waals surface area contributed by atoms with E-state index in [0.29, 0.717) is 31.9 Å². The predicted molar refractivity (Wildman–Crippen MR) is 114 cm³/mol. The van der Waals surface area contributed by atoms with Crippen molar-refractivity contribution >= 4 is 23.2 Å². The Balaban J connectivity index is 1.43. The molecule has 0 saturated carbocycles. The standard InChI is InChI=1S/C22H27N3O4S/c1-15(26)24-21(22-23-7-11-30-22)17-4-2-8-25(14-17)20(27)13-16-5-6-18-19(12-16)29-10-3-9-28-18/h5-7,11-12,17,21H,2-4,8-10,13-14H2,1H3,(H,24,26). The number of carbonyl (C=O) groups excluding carboxylic acids is 2. The van der Waals surface area contributed by atoms with Gasteiger partial charge in [0, 0.05) is 43.9 Å². The van der Waals surface area contributed by atoms with Gasteiger partial charge in [0.2, 0.25) is 11.8 Å². The summed E-state index contributed by atoms with van der Waals surface area (Å²) in [5, 5.41) is 5.85. The number of hydrogen-bond donors (Lipinski definition) is 1. The molecule has 2 aliphatic rings. The van der Waals surface area contributed by atoms with Crippen molar-refractivity contribution in [2.75, 3.05) is 26.3 Å². The smallest absolute Gasteiger partial charge is 0.227 e. The molecule has 1 aromatic carbocycles. The number of piperidine rings is 1. The maximum Gasteiger partial charge on any atom is 0.227 e. The molecule has 2 aliphatic heterocycles. The lowest BCUT2D eigenvalue weighted by molar-refractivity contribution is -0.132. The third kappa shape index (κ3) is 4.92. The van der Waals surface area contributed by atoms with E-state index in [-0.39, 0.29) is 23.8 Å². The molecule has 160 valence electrons. The molecule has 1 aromatic heterocycles. The maximum absolute atomic E-state index is 13.0. The van der Waals surface area contributed by atoms with Crippen LogP contribution in [0.25, 0.3) is 0 Å². The van der Waals surface area contributed by atoms with Crippen LogP contribution < -0.4 is 14.8 Å². The first-order valence-electron chi connectivity index (χ1n) is 10.4. The number of rotatable bonds is 5. The number of likely N-dealkylation sites (tertiary alicyclic amines) is 1. The third-order valence-electron chi connectivity index (χ3n) is 5.53. The van der Waals surface area contributed by atoms with Gasteiger partial charge < -0.3 is 19.7 Å². The molecule has 30 heavy (non-hydrogen) atoms. The highest BCUT2D eigenvalue weighted by Gasteiger charge is 2.32. The first kappa shape index (κ1) is 20.7. The molecule has 2 unspecified atom stereocenters. The Kier molecular flexibility index (Phi) is 6.52. The van der Waals surface area contributed by atoms with Crippen LogP contribution in [0.2, 0.25) is 0 Å². The van der Waals surface area contributed by atoms with Crippen molar-refractivity contribution < 1.29 is 19.1 Å². The van der Waals surface area contributed by atoms with E-state index < -0.39 is 0 Å². The van der Waals surface area contributed by atoms with Crippen LogP contribution in [-0.2, 0) is 16.0 Å². The average molecular weight is 430 g/mol. The number of fused-ring (bicyclic) bond motifs is 1. The number of amides is 2. The van der Waals surface area contributed by atoms with Gasteiger partial charge in [0.15, 0.2) is 11.5 Å². The van der Waals surface area contributed by atoms with Crippen molar-refractivity contribution in [2.45, 2.75) is 38.6 Å². The van der Waals surface area contributed by atoms with Gasteiger partial charge in [-0.15, -0.1) is 11.3 Å². The summed E-state index contributed by atoms with van der Waals surface area (Å²) in [5.41, 5.74) is 0.921. The maximum atomic E-state index is 13.0. The molecule has 0 radical (unpaired) electrons. The SMILES string of the molecule is CC(=O)NC(c1nccs1)C1CCCN(C(=O)Cc2ccc3c(c2)OCCCO3)C1. The second-order valence-corrected chi connectivity index (χ2v) is 8.73. The number of benzene rings is 1. The summed E-state index contributed by atoms with van der Waals surface area (Å²) in [6.45, 7) is 4.16. The van der Waals surface area contributed by atoms with E-state index in [1.54, 1.807) is 6.20 Å². The number of nitrogens with one attached hydrogen (secondary N) is 1. The Morgan fingerprint density at radius 1 is 1.27 bits per heavy atom. The second kappa shape index (κ2) is 9.47. The van der Waals surface area contributed by atoms with Crippen LogP contribution in [0.5, 0.6) is 11.5 Å². The molecular formula is C22H27N3O4S. The van der Waals surface area contributed by atoms with Crippen molar-refractivity contribution in [3.63, 3.8) is 0 Å². The van der Waals surface area contributed by atoms with Gasteiger partial charge >= 0.3 is 0 Å². The highest BCUT2D eigenvalue weighted by atomic mass is 32.1. The number of aromatic nitrogens is 1. The van der Waals surface area contributed by atoms with Crippen LogP contribution in [0.3, 0.4) is 0 Å². The summed E-state index contributed by atoms with van der Waals surface area (Å²) >= 11 is 1.54. The fraction of sp³-hybridized carbons (Fsp3) is 0.500. The van der Waals surface area contributed by atoms with Gasteiger partial charge in [-0.3, -0.25) is 9.59 Å². The summed E-state index contributed by atoms with van der Waals surface area (Å²) in [6.07, 6.45) is 4.81. The highest BCUT2D eigenvalue weighted by Crippen LogP contribution is 2.33. The van der Waals surface area contributed by atoms with Crippen LogP contribution in [0.4, 0.5) is 0 Å². The molecule has 1 fully saturated rings. The summed E-state index contributed by atoms with van der Waals surface area (Å²) in [4.78, 5) is 31.1. The molecule has 0 aliphatic carbocycles. The number of hydrogen-bond acceptors (Lipinski definition) is 6. The molecule has 8 heteroatoms. The quantitative estimate of drug-likeness (QED) is 0.790. The van der Waals surface area contributed by atoms with E-state index in [1.165, 1.54) is 18.3 Å². The molecule has 1 N–H and O–H groups in total. The largest absolute Gasteiger partial charge is 0.490 e. The van der Waals surface area contributed by atoms with E-state index >= 15 is 0 Å². The minimum Gasteiger partial charge on any atom is -0.490 e. The van der Waals surface area contributed by atoms with Crippen LogP contribution in [0.15, 0.2) is 29.8 Å². The van der Waals surface area contributed by atoms with Gasteiger partial charge in [0.1, 0.15) is 5.01 Å². The minimum atomic E-state index is -0.156. The fourth-order valence-corrected chi connectivity index (χ4v) is 4.88. The summed E-state index contributed by atoms with van der Waals surface area (Å²) in [7, 11) is 0. The van der Waals surface area contributed by atoms with Gasteiger partial charge in [-0.05, 0) is 30.5 Å². The fourth-order valence-electron chi connectivity index (χ4n) is 4.10. The van der Waals surface area contributed by atoms with E-state index in [2.05, 4.69) is 10.3 Å². The van der Waals surface area contributed by atoms with Gasteiger partial charge in [-0.1, -0.05) is 6.07 Å². The highest BCUT2D eigenvalue weighted by molar-refractivity contribution is 7.09. The van der Waals surface area contributed by atoms with Crippen molar-refractivity contribution in [3.8, 4) is 11.5 Å². The summed E-state index contributed by atoms with van der Waals surface area (Å²) in [5.74, 6) is 1.62. The van der Waals surface area contributed by atoms with Gasteiger partial charge in [-0.25, -0.2) is 4.98 Å². The Morgan fingerprint density at radius 2 is 2.10 bits per heavy atom. The van der Waals surface area contributed by atoms with Crippen LogP contribution in [-0.4, -0.2) is 48.0 Å². The van der Waals surface area contributed by atoms with E-state index in [1.807, 2.05) is 28.5 Å². The van der Waals surface area contributed by atoms with Crippen LogP contribution >= 0.6 is 11.3 Å². The minimum absolute atomic E-state index is 0.0779. The Morgan fingerprint density at radius 3 is 2.87 bits per heavy atom. The lowest BCUT2D eigenvalue weighted by atomic mass is 9.90. The molecule has 0 bridgehead atoms. The molecule has 2 amide bonds. The van der Waals surface area contributed by atoms with E-state index in [4.69, 9.17) is 9.47 Å². The number of carbonyl (C=O) groups is 2. The molecule has 0 spiro atoms. The van der Waals surface area contributed by atoms with Gasteiger partial charge in [-0.2, -0.15) is 0 Å². The molecule has 7 nitrogen and oxygen atoms in total. The molecule has 2 atom stereocenters. The Hall–Kier alpha value is -2.61. The van der Waals surface area contributed by atoms with Crippen LogP contribution in [0.1, 0.15) is 42.8 Å². The van der Waals surface area contributed by atoms with Gasteiger partial charge in [0.05, 0.1) is 25.7 Å². The number of ether oxygens (including phenoxy) is 2. The van der Waals surface area contributed by atoms with Crippen molar-refractivity contribution in [2.24, 2.45) is 5.92 Å². The third-order valence-corrected chi connectivity index (χ3v) is 6.38. The second-order valence-electron chi connectivity index (χ2n) is 7.80. The van der Waals surface area contributed by atoms with Crippen molar-refractivity contribution in [1.29, 1.82) is 0 Å².